The van der Waals surface area contributed by atoms with Gasteiger partial charge >= 0.3 is 0 Å². The summed E-state index contributed by atoms with van der Waals surface area (Å²) in [6.07, 6.45) is 0. The molecule has 0 saturated heterocycles. The van der Waals surface area contributed by atoms with E-state index in [-0.39, 0.29) is 5.91 Å². The molecule has 0 unspecified atom stereocenters. The number of amides is 1. The molecule has 1 aromatic carbocycles. The Labute approximate surface area is 127 Å². The zero-order valence-electron chi connectivity index (χ0n) is 13.5. The van der Waals surface area contributed by atoms with E-state index in [1.807, 2.05) is 25.1 Å². The first-order valence-electron chi connectivity index (χ1n) is 7.29. The minimum absolute atomic E-state index is 0.0534. The SMILES string of the molecule is COCCN(CC(=O)Nc1ccc(C)cc1N)CC(C)C. The number of nitrogens with two attached hydrogens (primary N) is 1. The van der Waals surface area contributed by atoms with Crippen molar-refractivity contribution in [2.24, 2.45) is 5.92 Å². The third kappa shape index (κ3) is 6.60. The number of carbonyl (C=O) groups excluding carboxylic acids is 1. The smallest absolute Gasteiger partial charge is 0.238 e. The standard InChI is InChI=1S/C16H27N3O2/c1-12(2)10-19(7-8-21-4)11-16(20)18-15-6-5-13(3)9-14(15)17/h5-6,9,12H,7-8,10-11,17H2,1-4H3,(H,18,20). The molecule has 0 fully saturated rings. The molecule has 5 heteroatoms. The van der Waals surface area contributed by atoms with Crippen LogP contribution in [0, 0.1) is 12.8 Å². The van der Waals surface area contributed by atoms with Crippen LogP contribution in [0.2, 0.25) is 0 Å². The quantitative estimate of drug-likeness (QED) is 0.720. The first-order chi connectivity index (χ1) is 9.92. The van der Waals surface area contributed by atoms with Gasteiger partial charge in [0.1, 0.15) is 0 Å². The topological polar surface area (TPSA) is 67.6 Å². The van der Waals surface area contributed by atoms with Gasteiger partial charge in [-0.2, -0.15) is 0 Å². The molecular formula is C16H27N3O2. The number of aryl methyl sites for hydroxylation is 1. The maximum absolute atomic E-state index is 12.2. The van der Waals surface area contributed by atoms with Crippen molar-refractivity contribution in [1.29, 1.82) is 0 Å². The Balaban J connectivity index is 2.59. The van der Waals surface area contributed by atoms with E-state index in [1.54, 1.807) is 7.11 Å². The summed E-state index contributed by atoms with van der Waals surface area (Å²) < 4.78 is 5.09. The number of ether oxygens (including phenoxy) is 1. The van der Waals surface area contributed by atoms with Crippen molar-refractivity contribution in [3.8, 4) is 0 Å². The highest BCUT2D eigenvalue weighted by atomic mass is 16.5. The average Bonchev–Trinajstić information content (AvgIpc) is 2.38. The number of benzene rings is 1. The summed E-state index contributed by atoms with van der Waals surface area (Å²) in [5.41, 5.74) is 8.25. The van der Waals surface area contributed by atoms with Crippen molar-refractivity contribution in [3.05, 3.63) is 23.8 Å². The molecule has 0 aliphatic heterocycles. The van der Waals surface area contributed by atoms with Gasteiger partial charge in [-0.15, -0.1) is 0 Å². The zero-order chi connectivity index (χ0) is 15.8. The Hall–Kier alpha value is -1.59. The molecule has 1 aromatic rings. The van der Waals surface area contributed by atoms with Gasteiger partial charge in [0, 0.05) is 20.2 Å². The monoisotopic (exact) mass is 293 g/mol. The van der Waals surface area contributed by atoms with E-state index >= 15 is 0 Å². The zero-order valence-corrected chi connectivity index (χ0v) is 13.5. The highest BCUT2D eigenvalue weighted by Crippen LogP contribution is 2.19. The fourth-order valence-electron chi connectivity index (χ4n) is 2.16. The van der Waals surface area contributed by atoms with Crippen molar-refractivity contribution < 1.29 is 9.53 Å². The summed E-state index contributed by atoms with van der Waals surface area (Å²) >= 11 is 0. The Morgan fingerprint density at radius 1 is 1.43 bits per heavy atom. The van der Waals surface area contributed by atoms with Crippen LogP contribution in [0.25, 0.3) is 0 Å². The molecular weight excluding hydrogens is 266 g/mol. The highest BCUT2D eigenvalue weighted by Gasteiger charge is 2.13. The van der Waals surface area contributed by atoms with Crippen LogP contribution in [-0.4, -0.2) is 44.2 Å². The third-order valence-corrected chi connectivity index (χ3v) is 3.08. The molecule has 0 aliphatic carbocycles. The number of nitrogens with zero attached hydrogens (tertiary/aromatic N) is 1. The Morgan fingerprint density at radius 2 is 2.14 bits per heavy atom. The van der Waals surface area contributed by atoms with E-state index in [1.165, 1.54) is 0 Å². The molecule has 0 aliphatic rings. The van der Waals surface area contributed by atoms with Gasteiger partial charge in [0.25, 0.3) is 0 Å². The lowest BCUT2D eigenvalue weighted by Gasteiger charge is -2.23. The van der Waals surface area contributed by atoms with Crippen LogP contribution in [0.3, 0.4) is 0 Å². The van der Waals surface area contributed by atoms with Crippen LogP contribution in [0.15, 0.2) is 18.2 Å². The lowest BCUT2D eigenvalue weighted by molar-refractivity contribution is -0.117. The molecule has 0 heterocycles. The van der Waals surface area contributed by atoms with Crippen LogP contribution in [0.4, 0.5) is 11.4 Å². The second kappa shape index (κ2) is 8.64. The molecule has 0 spiro atoms. The Morgan fingerprint density at radius 3 is 2.71 bits per heavy atom. The van der Waals surface area contributed by atoms with E-state index < -0.39 is 0 Å². The molecule has 5 nitrogen and oxygen atoms in total. The summed E-state index contributed by atoms with van der Waals surface area (Å²) in [6.45, 7) is 8.80. The summed E-state index contributed by atoms with van der Waals surface area (Å²) in [5, 5.41) is 2.87. The molecule has 21 heavy (non-hydrogen) atoms. The van der Waals surface area contributed by atoms with Gasteiger partial charge in [0.15, 0.2) is 0 Å². The second-order valence-electron chi connectivity index (χ2n) is 5.76. The maximum Gasteiger partial charge on any atom is 0.238 e. The number of nitrogens with one attached hydrogen (secondary N) is 1. The van der Waals surface area contributed by atoms with E-state index in [0.29, 0.717) is 30.4 Å². The third-order valence-electron chi connectivity index (χ3n) is 3.08. The number of nitrogen functional groups attached to an aromatic ring is 1. The minimum Gasteiger partial charge on any atom is -0.397 e. The summed E-state index contributed by atoms with van der Waals surface area (Å²) in [5.74, 6) is 0.446. The fourth-order valence-corrected chi connectivity index (χ4v) is 2.16. The summed E-state index contributed by atoms with van der Waals surface area (Å²) in [4.78, 5) is 14.2. The predicted molar refractivity (Wildman–Crippen MR) is 87.4 cm³/mol. The first-order valence-corrected chi connectivity index (χ1v) is 7.29. The first kappa shape index (κ1) is 17.5. The minimum atomic E-state index is -0.0534. The molecule has 118 valence electrons. The molecule has 3 N–H and O–H groups in total. The maximum atomic E-state index is 12.2. The summed E-state index contributed by atoms with van der Waals surface area (Å²) in [6, 6.07) is 5.62. The van der Waals surface area contributed by atoms with E-state index in [0.717, 1.165) is 18.7 Å². The summed E-state index contributed by atoms with van der Waals surface area (Å²) in [7, 11) is 1.67. The van der Waals surface area contributed by atoms with Gasteiger partial charge in [-0.1, -0.05) is 19.9 Å². The van der Waals surface area contributed by atoms with Crippen molar-refractivity contribution in [2.45, 2.75) is 20.8 Å². The van der Waals surface area contributed by atoms with Crippen LogP contribution >= 0.6 is 0 Å². The highest BCUT2D eigenvalue weighted by molar-refractivity contribution is 5.95. The molecule has 0 bridgehead atoms. The normalized spacial score (nSPS) is 11.1. The van der Waals surface area contributed by atoms with E-state index in [9.17, 15) is 4.79 Å². The number of hydrogen-bond donors (Lipinski definition) is 2. The van der Waals surface area contributed by atoms with Crippen molar-refractivity contribution >= 4 is 17.3 Å². The lowest BCUT2D eigenvalue weighted by Crippen LogP contribution is -2.37. The van der Waals surface area contributed by atoms with Gasteiger partial charge in [0.2, 0.25) is 5.91 Å². The van der Waals surface area contributed by atoms with Crippen molar-refractivity contribution in [1.82, 2.24) is 4.90 Å². The number of rotatable bonds is 8. The Kier molecular flexibility index (Phi) is 7.19. The van der Waals surface area contributed by atoms with Gasteiger partial charge in [-0.05, 0) is 30.5 Å². The molecule has 1 amide bonds. The Bertz CT molecular complexity index is 461. The van der Waals surface area contributed by atoms with E-state index in [2.05, 4.69) is 24.1 Å². The van der Waals surface area contributed by atoms with Crippen LogP contribution in [-0.2, 0) is 9.53 Å². The fraction of sp³-hybridized carbons (Fsp3) is 0.562. The van der Waals surface area contributed by atoms with Gasteiger partial charge in [0.05, 0.1) is 24.5 Å². The molecule has 0 aromatic heterocycles. The van der Waals surface area contributed by atoms with Gasteiger partial charge in [-0.25, -0.2) is 0 Å². The molecule has 0 atom stereocenters. The molecule has 0 radical (unpaired) electrons. The molecule has 1 rings (SSSR count). The van der Waals surface area contributed by atoms with Crippen LogP contribution in [0.1, 0.15) is 19.4 Å². The van der Waals surface area contributed by atoms with Crippen molar-refractivity contribution in [3.63, 3.8) is 0 Å². The number of carbonyl (C=O) groups is 1. The number of methoxy groups -OCH3 is 1. The number of hydrogen-bond acceptors (Lipinski definition) is 4. The van der Waals surface area contributed by atoms with E-state index in [4.69, 9.17) is 10.5 Å². The molecule has 0 saturated carbocycles. The van der Waals surface area contributed by atoms with Gasteiger partial charge < -0.3 is 15.8 Å². The second-order valence-corrected chi connectivity index (χ2v) is 5.76. The number of anilines is 2. The predicted octanol–water partition coefficient (Wildman–Crippen LogP) is 2.12. The van der Waals surface area contributed by atoms with Gasteiger partial charge in [-0.3, -0.25) is 9.69 Å². The van der Waals surface area contributed by atoms with Crippen LogP contribution in [0.5, 0.6) is 0 Å². The lowest BCUT2D eigenvalue weighted by atomic mass is 10.2. The average molecular weight is 293 g/mol. The largest absolute Gasteiger partial charge is 0.397 e. The van der Waals surface area contributed by atoms with Crippen molar-refractivity contribution in [2.75, 3.05) is 44.4 Å². The van der Waals surface area contributed by atoms with Crippen LogP contribution < -0.4 is 11.1 Å².